The van der Waals surface area contributed by atoms with Crippen LogP contribution in [0.15, 0.2) is 72.8 Å². The zero-order valence-corrected chi connectivity index (χ0v) is 17.6. The van der Waals surface area contributed by atoms with Crippen LogP contribution in [0.3, 0.4) is 0 Å². The molecule has 0 N–H and O–H groups in total. The number of halogens is 1. The number of aryl methyl sites for hydroxylation is 1. The molecule has 0 saturated carbocycles. The first kappa shape index (κ1) is 20.9. The van der Waals surface area contributed by atoms with Gasteiger partial charge in [-0.25, -0.2) is 4.39 Å². The monoisotopic (exact) mass is 416 g/mol. The fourth-order valence-corrected chi connectivity index (χ4v) is 3.93. The van der Waals surface area contributed by atoms with Crippen LogP contribution >= 0.6 is 0 Å². The Labute approximate surface area is 181 Å². The van der Waals surface area contributed by atoms with Crippen LogP contribution in [0.1, 0.15) is 37.4 Å². The van der Waals surface area contributed by atoms with Gasteiger partial charge in [-0.3, -0.25) is 14.5 Å². The van der Waals surface area contributed by atoms with Crippen LogP contribution in [0.2, 0.25) is 0 Å². The summed E-state index contributed by atoms with van der Waals surface area (Å²) in [5, 5.41) is 0. The molecule has 1 amide bonds. The number of amides is 1. The van der Waals surface area contributed by atoms with E-state index in [1.165, 1.54) is 35.4 Å². The molecule has 4 nitrogen and oxygen atoms in total. The Morgan fingerprint density at radius 1 is 0.806 bits per heavy atom. The third kappa shape index (κ3) is 4.72. The molecule has 0 bridgehead atoms. The highest BCUT2D eigenvalue weighted by atomic mass is 19.1. The molecule has 0 aromatic heterocycles. The molecule has 3 aromatic carbocycles. The van der Waals surface area contributed by atoms with Gasteiger partial charge in [0, 0.05) is 43.9 Å². The highest BCUT2D eigenvalue weighted by Crippen LogP contribution is 2.19. The van der Waals surface area contributed by atoms with E-state index in [4.69, 9.17) is 0 Å². The summed E-state index contributed by atoms with van der Waals surface area (Å²) in [7, 11) is 0. The molecule has 0 spiro atoms. The van der Waals surface area contributed by atoms with E-state index in [1.807, 2.05) is 11.0 Å². The maximum Gasteiger partial charge on any atom is 0.254 e. The third-order valence-electron chi connectivity index (χ3n) is 5.82. The molecule has 0 radical (unpaired) electrons. The Bertz CT molecular complexity index is 1090. The fraction of sp³-hybridized carbons (Fsp3) is 0.231. The van der Waals surface area contributed by atoms with E-state index < -0.39 is 5.82 Å². The van der Waals surface area contributed by atoms with Gasteiger partial charge in [-0.2, -0.15) is 0 Å². The molecule has 1 aliphatic rings. The highest BCUT2D eigenvalue weighted by molar-refractivity contribution is 6.15. The predicted octanol–water partition coefficient (Wildman–Crippen LogP) is 4.32. The second-order valence-corrected chi connectivity index (χ2v) is 7.88. The van der Waals surface area contributed by atoms with E-state index in [1.54, 1.807) is 24.3 Å². The first-order valence-corrected chi connectivity index (χ1v) is 10.5. The minimum Gasteiger partial charge on any atom is -0.336 e. The van der Waals surface area contributed by atoms with Crippen molar-refractivity contribution in [3.8, 4) is 0 Å². The number of rotatable bonds is 5. The van der Waals surface area contributed by atoms with Gasteiger partial charge >= 0.3 is 0 Å². The number of carbonyl (C=O) groups is 2. The lowest BCUT2D eigenvalue weighted by molar-refractivity contribution is 0.0625. The summed E-state index contributed by atoms with van der Waals surface area (Å²) in [6.45, 7) is 5.79. The fourth-order valence-electron chi connectivity index (χ4n) is 3.93. The zero-order chi connectivity index (χ0) is 21.8. The Balaban J connectivity index is 1.45. The van der Waals surface area contributed by atoms with E-state index in [9.17, 15) is 14.0 Å². The van der Waals surface area contributed by atoms with Crippen LogP contribution in [0.25, 0.3) is 0 Å². The second-order valence-electron chi connectivity index (χ2n) is 7.88. The van der Waals surface area contributed by atoms with Gasteiger partial charge in [-0.1, -0.05) is 42.5 Å². The molecule has 1 fully saturated rings. The van der Waals surface area contributed by atoms with Crippen LogP contribution in [-0.2, 0) is 6.54 Å². The summed E-state index contributed by atoms with van der Waals surface area (Å²) in [6, 6.07) is 20.6. The minimum absolute atomic E-state index is 0.137. The van der Waals surface area contributed by atoms with Gasteiger partial charge in [0.15, 0.2) is 5.78 Å². The van der Waals surface area contributed by atoms with Crippen molar-refractivity contribution in [2.75, 3.05) is 26.2 Å². The molecule has 31 heavy (non-hydrogen) atoms. The largest absolute Gasteiger partial charge is 0.336 e. The molecular formula is C26H25FN2O2. The Morgan fingerprint density at radius 2 is 1.42 bits per heavy atom. The topological polar surface area (TPSA) is 40.6 Å². The molecule has 5 heteroatoms. The van der Waals surface area contributed by atoms with E-state index in [0.29, 0.717) is 29.8 Å². The molecule has 1 aliphatic heterocycles. The minimum atomic E-state index is -0.399. The summed E-state index contributed by atoms with van der Waals surface area (Å²) in [6.07, 6.45) is 0. The number of hydrogen-bond acceptors (Lipinski definition) is 3. The lowest BCUT2D eigenvalue weighted by atomic mass is 9.97. The number of benzene rings is 3. The molecule has 0 unspecified atom stereocenters. The number of carbonyl (C=O) groups excluding carboxylic acids is 2. The molecule has 0 aliphatic carbocycles. The van der Waals surface area contributed by atoms with E-state index in [0.717, 1.165) is 19.6 Å². The average molecular weight is 416 g/mol. The highest BCUT2D eigenvalue weighted by Gasteiger charge is 2.26. The number of hydrogen-bond donors (Lipinski definition) is 0. The smallest absolute Gasteiger partial charge is 0.254 e. The molecular weight excluding hydrogens is 391 g/mol. The van der Waals surface area contributed by atoms with Gasteiger partial charge in [0.05, 0.1) is 5.56 Å². The summed E-state index contributed by atoms with van der Waals surface area (Å²) in [5.74, 6) is -0.812. The first-order valence-electron chi connectivity index (χ1n) is 10.5. The van der Waals surface area contributed by atoms with Gasteiger partial charge in [-0.05, 0) is 48.4 Å². The van der Waals surface area contributed by atoms with Gasteiger partial charge in [0.25, 0.3) is 5.91 Å². The van der Waals surface area contributed by atoms with Crippen LogP contribution in [0.5, 0.6) is 0 Å². The standard InChI is InChI=1S/C26H25FN2O2/c1-19-6-2-3-7-21(19)18-28-14-16-29(17-15-28)26(31)24-9-5-4-8-23(24)25(30)20-10-12-22(27)13-11-20/h2-13H,14-18H2,1H3. The molecule has 3 aromatic rings. The first-order chi connectivity index (χ1) is 15.0. The number of ketones is 1. The third-order valence-corrected chi connectivity index (χ3v) is 5.82. The van der Waals surface area contributed by atoms with Crippen molar-refractivity contribution in [2.45, 2.75) is 13.5 Å². The second kappa shape index (κ2) is 9.23. The van der Waals surface area contributed by atoms with E-state index >= 15 is 0 Å². The van der Waals surface area contributed by atoms with Crippen molar-refractivity contribution < 1.29 is 14.0 Å². The zero-order valence-electron chi connectivity index (χ0n) is 17.6. The van der Waals surface area contributed by atoms with Crippen molar-refractivity contribution >= 4 is 11.7 Å². The van der Waals surface area contributed by atoms with Crippen molar-refractivity contribution in [3.63, 3.8) is 0 Å². The number of piperazine rings is 1. The Morgan fingerprint density at radius 3 is 2.10 bits per heavy atom. The average Bonchev–Trinajstić information content (AvgIpc) is 2.81. The number of nitrogens with zero attached hydrogens (tertiary/aromatic N) is 2. The van der Waals surface area contributed by atoms with Crippen LogP contribution in [0, 0.1) is 12.7 Å². The molecule has 4 rings (SSSR count). The summed E-state index contributed by atoms with van der Waals surface area (Å²) >= 11 is 0. The van der Waals surface area contributed by atoms with Crippen molar-refractivity contribution in [2.24, 2.45) is 0 Å². The summed E-state index contributed by atoms with van der Waals surface area (Å²) in [4.78, 5) is 30.3. The Kier molecular flexibility index (Phi) is 6.23. The Hall–Kier alpha value is -3.31. The van der Waals surface area contributed by atoms with E-state index in [2.05, 4.69) is 30.0 Å². The van der Waals surface area contributed by atoms with Crippen molar-refractivity contribution in [1.82, 2.24) is 9.80 Å². The predicted molar refractivity (Wildman–Crippen MR) is 119 cm³/mol. The lowest BCUT2D eigenvalue weighted by Crippen LogP contribution is -2.48. The molecule has 158 valence electrons. The van der Waals surface area contributed by atoms with Gasteiger partial charge < -0.3 is 4.90 Å². The molecule has 1 heterocycles. The van der Waals surface area contributed by atoms with E-state index in [-0.39, 0.29) is 11.7 Å². The van der Waals surface area contributed by atoms with Crippen LogP contribution in [-0.4, -0.2) is 47.7 Å². The molecule has 0 atom stereocenters. The quantitative estimate of drug-likeness (QED) is 0.582. The summed E-state index contributed by atoms with van der Waals surface area (Å²) < 4.78 is 13.2. The van der Waals surface area contributed by atoms with Gasteiger partial charge in [0.1, 0.15) is 5.82 Å². The molecule has 1 saturated heterocycles. The van der Waals surface area contributed by atoms with Crippen LogP contribution < -0.4 is 0 Å². The van der Waals surface area contributed by atoms with Gasteiger partial charge in [0.2, 0.25) is 0 Å². The lowest BCUT2D eigenvalue weighted by Gasteiger charge is -2.35. The SMILES string of the molecule is Cc1ccccc1CN1CCN(C(=O)c2ccccc2C(=O)c2ccc(F)cc2)CC1. The van der Waals surface area contributed by atoms with Gasteiger partial charge in [-0.15, -0.1) is 0 Å². The van der Waals surface area contributed by atoms with Crippen LogP contribution in [0.4, 0.5) is 4.39 Å². The van der Waals surface area contributed by atoms with Crippen molar-refractivity contribution in [1.29, 1.82) is 0 Å². The normalized spacial score (nSPS) is 14.5. The maximum absolute atomic E-state index is 13.2. The summed E-state index contributed by atoms with van der Waals surface area (Å²) in [5.41, 5.74) is 3.68. The maximum atomic E-state index is 13.2. The van der Waals surface area contributed by atoms with Crippen molar-refractivity contribution in [3.05, 3.63) is 106 Å².